The number of rotatable bonds is 3. The summed E-state index contributed by atoms with van der Waals surface area (Å²) in [6, 6.07) is 7.42. The molecule has 0 radical (unpaired) electrons. The van der Waals surface area contributed by atoms with Crippen LogP contribution in [0.15, 0.2) is 24.3 Å². The Hall–Kier alpha value is -1.55. The zero-order valence-electron chi connectivity index (χ0n) is 10.2. The van der Waals surface area contributed by atoms with E-state index in [9.17, 15) is 9.59 Å². The van der Waals surface area contributed by atoms with Gasteiger partial charge < -0.3 is 9.80 Å². The van der Waals surface area contributed by atoms with E-state index < -0.39 is 0 Å². The molecule has 1 aliphatic rings. The van der Waals surface area contributed by atoms with Crippen LogP contribution in [0.3, 0.4) is 0 Å². The van der Waals surface area contributed by atoms with Crippen LogP contribution >= 0.6 is 11.6 Å². The van der Waals surface area contributed by atoms with E-state index in [0.717, 1.165) is 12.2 Å². The zero-order chi connectivity index (χ0) is 13.1. The Labute approximate surface area is 111 Å². The molecule has 1 saturated heterocycles. The van der Waals surface area contributed by atoms with Crippen molar-refractivity contribution in [3.8, 4) is 0 Å². The molecule has 0 unspecified atom stereocenters. The van der Waals surface area contributed by atoms with Gasteiger partial charge in [0.05, 0.1) is 13.1 Å². The highest BCUT2D eigenvalue weighted by Crippen LogP contribution is 2.19. The molecule has 0 atom stereocenters. The number of hydrogen-bond acceptors (Lipinski definition) is 3. The van der Waals surface area contributed by atoms with Gasteiger partial charge in [-0.25, -0.2) is 0 Å². The van der Waals surface area contributed by atoms with Crippen LogP contribution in [0.1, 0.15) is 6.92 Å². The van der Waals surface area contributed by atoms with Crippen molar-refractivity contribution in [3.05, 3.63) is 29.3 Å². The molecule has 18 heavy (non-hydrogen) atoms. The molecule has 0 N–H and O–H groups in total. The third kappa shape index (κ3) is 3.01. The molecule has 1 heterocycles. The van der Waals surface area contributed by atoms with Crippen LogP contribution in [-0.2, 0) is 9.59 Å². The average Bonchev–Trinajstić information content (AvgIpc) is 2.32. The molecule has 0 aliphatic carbocycles. The summed E-state index contributed by atoms with van der Waals surface area (Å²) in [6.45, 7) is 3.35. The van der Waals surface area contributed by atoms with Gasteiger partial charge in [0.1, 0.15) is 5.78 Å². The summed E-state index contributed by atoms with van der Waals surface area (Å²) in [5, 5.41) is 0.681. The Morgan fingerprint density at radius 1 is 1.28 bits per heavy atom. The average molecular weight is 267 g/mol. The number of nitrogens with zero attached hydrogens (tertiary/aromatic N) is 2. The molecule has 5 heteroatoms. The number of anilines is 1. The van der Waals surface area contributed by atoms with E-state index in [1.165, 1.54) is 6.92 Å². The lowest BCUT2D eigenvalue weighted by Gasteiger charge is -2.35. The summed E-state index contributed by atoms with van der Waals surface area (Å²) in [4.78, 5) is 26.5. The minimum absolute atomic E-state index is 0.00796. The maximum Gasteiger partial charge on any atom is 0.242 e. The minimum Gasteiger partial charge on any atom is -0.360 e. The van der Waals surface area contributed by atoms with Crippen molar-refractivity contribution in [2.24, 2.45) is 0 Å². The molecule has 1 aromatic carbocycles. The number of piperazine rings is 1. The summed E-state index contributed by atoms with van der Waals surface area (Å²) >= 11 is 5.83. The molecular weight excluding hydrogens is 252 g/mol. The quantitative estimate of drug-likeness (QED) is 0.834. The van der Waals surface area contributed by atoms with E-state index in [1.54, 1.807) is 4.90 Å². The molecule has 4 nitrogen and oxygen atoms in total. The number of halogens is 1. The first-order valence-electron chi connectivity index (χ1n) is 5.84. The van der Waals surface area contributed by atoms with Gasteiger partial charge in [-0.15, -0.1) is 0 Å². The first-order valence-corrected chi connectivity index (χ1v) is 6.22. The van der Waals surface area contributed by atoms with Gasteiger partial charge in [-0.3, -0.25) is 9.59 Å². The third-order valence-corrected chi connectivity index (χ3v) is 3.18. The maximum atomic E-state index is 11.9. The van der Waals surface area contributed by atoms with Gasteiger partial charge in [0.15, 0.2) is 0 Å². The molecule has 2 rings (SSSR count). The fourth-order valence-electron chi connectivity index (χ4n) is 2.02. The summed E-state index contributed by atoms with van der Waals surface area (Å²) in [6.07, 6.45) is 0. The van der Waals surface area contributed by atoms with Crippen molar-refractivity contribution in [1.29, 1.82) is 0 Å². The highest BCUT2D eigenvalue weighted by atomic mass is 35.5. The lowest BCUT2D eigenvalue weighted by Crippen LogP contribution is -2.51. The van der Waals surface area contributed by atoms with Crippen LogP contribution in [0, 0.1) is 0 Å². The van der Waals surface area contributed by atoms with Crippen molar-refractivity contribution in [2.75, 3.05) is 31.1 Å². The second-order valence-corrected chi connectivity index (χ2v) is 4.85. The van der Waals surface area contributed by atoms with E-state index in [2.05, 4.69) is 0 Å². The van der Waals surface area contributed by atoms with Crippen LogP contribution in [0.25, 0.3) is 0 Å². The molecule has 0 bridgehead atoms. The number of ketones is 1. The Morgan fingerprint density at radius 2 is 1.94 bits per heavy atom. The van der Waals surface area contributed by atoms with Gasteiger partial charge in [-0.05, 0) is 31.2 Å². The maximum absolute atomic E-state index is 11.9. The molecule has 0 spiro atoms. The number of hydrogen-bond donors (Lipinski definition) is 0. The van der Waals surface area contributed by atoms with Crippen molar-refractivity contribution in [1.82, 2.24) is 4.90 Å². The summed E-state index contributed by atoms with van der Waals surface area (Å²) in [7, 11) is 0. The van der Waals surface area contributed by atoms with Crippen molar-refractivity contribution >= 4 is 29.0 Å². The molecule has 0 aromatic heterocycles. The SMILES string of the molecule is CC(=O)CN1CCN(c2ccc(Cl)cc2)CC1=O. The Kier molecular flexibility index (Phi) is 3.87. The minimum atomic E-state index is -0.00796. The third-order valence-electron chi connectivity index (χ3n) is 2.92. The van der Waals surface area contributed by atoms with Gasteiger partial charge in [0, 0.05) is 23.8 Å². The predicted molar refractivity (Wildman–Crippen MR) is 70.9 cm³/mol. The second-order valence-electron chi connectivity index (χ2n) is 4.42. The van der Waals surface area contributed by atoms with E-state index in [4.69, 9.17) is 11.6 Å². The monoisotopic (exact) mass is 266 g/mol. The summed E-state index contributed by atoms with van der Waals surface area (Å²) in [5.41, 5.74) is 0.982. The first-order chi connectivity index (χ1) is 8.56. The predicted octanol–water partition coefficient (Wildman–Crippen LogP) is 1.58. The van der Waals surface area contributed by atoms with Crippen molar-refractivity contribution in [2.45, 2.75) is 6.92 Å². The lowest BCUT2D eigenvalue weighted by molar-refractivity contribution is -0.134. The zero-order valence-corrected chi connectivity index (χ0v) is 11.0. The van der Waals surface area contributed by atoms with E-state index in [1.807, 2.05) is 29.2 Å². The molecule has 1 aliphatic heterocycles. The molecule has 0 saturated carbocycles. The Morgan fingerprint density at radius 3 is 2.50 bits per heavy atom. The van der Waals surface area contributed by atoms with Gasteiger partial charge >= 0.3 is 0 Å². The molecule has 1 fully saturated rings. The molecular formula is C13H15ClN2O2. The largest absolute Gasteiger partial charge is 0.360 e. The topological polar surface area (TPSA) is 40.6 Å². The van der Waals surface area contributed by atoms with E-state index >= 15 is 0 Å². The standard InChI is InChI=1S/C13H15ClN2O2/c1-10(17)8-16-7-6-15(9-13(16)18)12-4-2-11(14)3-5-12/h2-5H,6-9H2,1H3. The smallest absolute Gasteiger partial charge is 0.242 e. The molecule has 1 aromatic rings. The van der Waals surface area contributed by atoms with Crippen LogP contribution in [0.5, 0.6) is 0 Å². The summed E-state index contributed by atoms with van der Waals surface area (Å²) in [5.74, 6) is 0.00897. The van der Waals surface area contributed by atoms with Crippen LogP contribution in [0.4, 0.5) is 5.69 Å². The van der Waals surface area contributed by atoms with Gasteiger partial charge in [-0.2, -0.15) is 0 Å². The number of carbonyl (C=O) groups excluding carboxylic acids is 2. The fraction of sp³-hybridized carbons (Fsp3) is 0.385. The van der Waals surface area contributed by atoms with Crippen molar-refractivity contribution in [3.63, 3.8) is 0 Å². The Bertz CT molecular complexity index is 459. The van der Waals surface area contributed by atoms with E-state index in [0.29, 0.717) is 18.1 Å². The highest BCUT2D eigenvalue weighted by Gasteiger charge is 2.24. The molecule has 96 valence electrons. The number of Topliss-reactive ketones (excluding diaryl/α,β-unsaturated/α-hetero) is 1. The van der Waals surface area contributed by atoms with E-state index in [-0.39, 0.29) is 18.2 Å². The first kappa shape index (κ1) is 12.9. The second kappa shape index (κ2) is 5.40. The van der Waals surface area contributed by atoms with Gasteiger partial charge in [-0.1, -0.05) is 11.6 Å². The van der Waals surface area contributed by atoms with Crippen LogP contribution in [-0.4, -0.2) is 42.8 Å². The Balaban J connectivity index is 2.01. The molecule has 1 amide bonds. The fourth-order valence-corrected chi connectivity index (χ4v) is 2.14. The van der Waals surface area contributed by atoms with Gasteiger partial charge in [0.2, 0.25) is 5.91 Å². The summed E-state index contributed by atoms with van der Waals surface area (Å²) < 4.78 is 0. The lowest BCUT2D eigenvalue weighted by atomic mass is 10.2. The normalized spacial score (nSPS) is 16.0. The highest BCUT2D eigenvalue weighted by molar-refractivity contribution is 6.30. The number of carbonyl (C=O) groups is 2. The van der Waals surface area contributed by atoms with Crippen LogP contribution in [0.2, 0.25) is 5.02 Å². The van der Waals surface area contributed by atoms with Crippen LogP contribution < -0.4 is 4.90 Å². The number of amides is 1. The van der Waals surface area contributed by atoms with Crippen molar-refractivity contribution < 1.29 is 9.59 Å². The number of benzene rings is 1. The van der Waals surface area contributed by atoms with Gasteiger partial charge in [0.25, 0.3) is 0 Å².